The average molecular weight is 343 g/mol. The van der Waals surface area contributed by atoms with E-state index in [4.69, 9.17) is 11.2 Å². The predicted octanol–water partition coefficient (Wildman–Crippen LogP) is 1.97. The molecule has 1 aromatic carbocycles. The summed E-state index contributed by atoms with van der Waals surface area (Å²) in [7, 11) is 0. The summed E-state index contributed by atoms with van der Waals surface area (Å²) in [6.07, 6.45) is 0.396. The van der Waals surface area contributed by atoms with E-state index in [2.05, 4.69) is 21.9 Å². The molecular formula is C15H16F3N3O3. The van der Waals surface area contributed by atoms with Gasteiger partial charge in [-0.3, -0.25) is 4.79 Å². The number of halogens is 3. The summed E-state index contributed by atoms with van der Waals surface area (Å²) < 4.78 is 43.4. The summed E-state index contributed by atoms with van der Waals surface area (Å²) in [6, 6.07) is 1.86. The highest BCUT2D eigenvalue weighted by Gasteiger charge is 2.31. The zero-order valence-corrected chi connectivity index (χ0v) is 12.8. The Morgan fingerprint density at radius 3 is 2.58 bits per heavy atom. The molecular weight excluding hydrogens is 327 g/mol. The first kappa shape index (κ1) is 19.2. The Morgan fingerprint density at radius 1 is 1.29 bits per heavy atom. The number of benzene rings is 1. The number of ether oxygens (including phenoxy) is 1. The number of alkyl halides is 3. The number of urea groups is 1. The molecule has 0 aliphatic carbocycles. The van der Waals surface area contributed by atoms with Crippen molar-refractivity contribution < 1.29 is 27.5 Å². The second-order valence-corrected chi connectivity index (χ2v) is 4.43. The Bertz CT molecular complexity index is 639. The van der Waals surface area contributed by atoms with Gasteiger partial charge in [0.15, 0.2) is 0 Å². The number of hydrogen-bond acceptors (Lipinski definition) is 3. The summed E-state index contributed by atoms with van der Waals surface area (Å²) in [5.74, 6) is 1.74. The Balaban J connectivity index is 2.78. The molecule has 0 heterocycles. The highest BCUT2D eigenvalue weighted by molar-refractivity contribution is 5.93. The van der Waals surface area contributed by atoms with Gasteiger partial charge in [0, 0.05) is 0 Å². The van der Waals surface area contributed by atoms with E-state index in [1.165, 1.54) is 0 Å². The van der Waals surface area contributed by atoms with E-state index in [0.717, 1.165) is 18.2 Å². The lowest BCUT2D eigenvalue weighted by molar-refractivity contribution is -0.137. The lowest BCUT2D eigenvalue weighted by atomic mass is 10.2. The molecule has 130 valence electrons. The third kappa shape index (κ3) is 6.08. The van der Waals surface area contributed by atoms with Crippen LogP contribution in [0.15, 0.2) is 18.2 Å². The van der Waals surface area contributed by atoms with Crippen LogP contribution in [-0.2, 0) is 11.0 Å². The maximum atomic E-state index is 12.8. The van der Waals surface area contributed by atoms with Crippen LogP contribution in [0.5, 0.6) is 5.75 Å². The highest BCUT2D eigenvalue weighted by Crippen LogP contribution is 2.35. The van der Waals surface area contributed by atoms with Crippen molar-refractivity contribution in [3.05, 3.63) is 23.8 Å². The number of terminal acetylenes is 1. The van der Waals surface area contributed by atoms with E-state index < -0.39 is 23.7 Å². The molecule has 24 heavy (non-hydrogen) atoms. The number of nitrogens with one attached hydrogen (secondary N) is 3. The van der Waals surface area contributed by atoms with E-state index in [0.29, 0.717) is 0 Å². The topological polar surface area (TPSA) is 79.5 Å². The lowest BCUT2D eigenvalue weighted by Crippen LogP contribution is -2.39. The van der Waals surface area contributed by atoms with Gasteiger partial charge in [-0.1, -0.05) is 5.92 Å². The summed E-state index contributed by atoms with van der Waals surface area (Å²) >= 11 is 0. The number of anilines is 1. The maximum absolute atomic E-state index is 12.8. The lowest BCUT2D eigenvalue weighted by Gasteiger charge is -2.15. The molecule has 0 saturated heterocycles. The fraction of sp³-hybridized carbons (Fsp3) is 0.333. The van der Waals surface area contributed by atoms with Crippen molar-refractivity contribution in [1.29, 1.82) is 0 Å². The molecule has 0 spiro atoms. The van der Waals surface area contributed by atoms with Gasteiger partial charge in [0.25, 0.3) is 0 Å². The van der Waals surface area contributed by atoms with Crippen molar-refractivity contribution in [3.8, 4) is 18.1 Å². The molecule has 9 heteroatoms. The Labute approximate surface area is 136 Å². The van der Waals surface area contributed by atoms with Crippen molar-refractivity contribution in [1.82, 2.24) is 10.6 Å². The molecule has 0 unspecified atom stereocenters. The molecule has 0 aliphatic rings. The first-order valence-corrected chi connectivity index (χ1v) is 6.87. The smallest absolute Gasteiger partial charge is 0.416 e. The van der Waals surface area contributed by atoms with Crippen molar-refractivity contribution >= 4 is 17.6 Å². The van der Waals surface area contributed by atoms with Gasteiger partial charge < -0.3 is 20.7 Å². The molecule has 3 N–H and O–H groups in total. The normalized spacial score (nSPS) is 10.5. The summed E-state index contributed by atoms with van der Waals surface area (Å²) in [5, 5.41) is 6.75. The second kappa shape index (κ2) is 8.67. The van der Waals surface area contributed by atoms with E-state index in [9.17, 15) is 22.8 Å². The fourth-order valence-electron chi connectivity index (χ4n) is 1.62. The van der Waals surface area contributed by atoms with Crippen molar-refractivity contribution in [2.24, 2.45) is 0 Å². The largest absolute Gasteiger partial charge is 0.492 e. The number of carbonyl (C=O) groups excluding carboxylic acids is 2. The minimum absolute atomic E-state index is 0.00421. The molecule has 0 saturated carbocycles. The van der Waals surface area contributed by atoms with Crippen LogP contribution < -0.4 is 20.7 Å². The molecule has 0 radical (unpaired) electrons. The third-order valence-electron chi connectivity index (χ3n) is 2.65. The second-order valence-electron chi connectivity index (χ2n) is 4.43. The van der Waals surface area contributed by atoms with Crippen LogP contribution in [0.2, 0.25) is 0 Å². The van der Waals surface area contributed by atoms with E-state index >= 15 is 0 Å². The van der Waals surface area contributed by atoms with Gasteiger partial charge in [0.2, 0.25) is 5.91 Å². The summed E-state index contributed by atoms with van der Waals surface area (Å²) in [4.78, 5) is 23.0. The van der Waals surface area contributed by atoms with Gasteiger partial charge in [-0.15, -0.1) is 6.42 Å². The van der Waals surface area contributed by atoms with E-state index in [-0.39, 0.29) is 31.1 Å². The van der Waals surface area contributed by atoms with Gasteiger partial charge in [-0.05, 0) is 25.1 Å². The minimum atomic E-state index is -4.56. The van der Waals surface area contributed by atoms with Gasteiger partial charge in [0.05, 0.1) is 30.9 Å². The molecule has 0 bridgehead atoms. The standard InChI is InChI=1S/C15H16F3N3O3/c1-3-7-19-13(22)9-20-14(23)21-11-8-10(15(16,17)18)5-6-12(11)24-4-2/h1,5-6,8H,4,7,9H2,2H3,(H,19,22)(H2,20,21,23). The first-order valence-electron chi connectivity index (χ1n) is 6.87. The van der Waals surface area contributed by atoms with Crippen molar-refractivity contribution in [2.45, 2.75) is 13.1 Å². The Kier molecular flexibility index (Phi) is 6.92. The van der Waals surface area contributed by atoms with Crippen molar-refractivity contribution in [3.63, 3.8) is 0 Å². The molecule has 3 amide bonds. The number of carbonyl (C=O) groups is 2. The van der Waals surface area contributed by atoms with Crippen LogP contribution in [0.3, 0.4) is 0 Å². The number of rotatable bonds is 6. The maximum Gasteiger partial charge on any atom is 0.416 e. The first-order chi connectivity index (χ1) is 11.3. The van der Waals surface area contributed by atoms with Gasteiger partial charge in [0.1, 0.15) is 5.75 Å². The quantitative estimate of drug-likeness (QED) is 0.691. The zero-order valence-electron chi connectivity index (χ0n) is 12.8. The predicted molar refractivity (Wildman–Crippen MR) is 81.5 cm³/mol. The zero-order chi connectivity index (χ0) is 18.2. The van der Waals surface area contributed by atoms with E-state index in [1.807, 2.05) is 0 Å². The van der Waals surface area contributed by atoms with Crippen molar-refractivity contribution in [2.75, 3.05) is 25.0 Å². The number of amides is 3. The summed E-state index contributed by atoms with van der Waals surface area (Å²) in [5.41, 5.74) is -1.10. The molecule has 1 rings (SSSR count). The molecule has 6 nitrogen and oxygen atoms in total. The van der Waals surface area contributed by atoms with Crippen LogP contribution in [0.25, 0.3) is 0 Å². The van der Waals surface area contributed by atoms with Crippen LogP contribution in [-0.4, -0.2) is 31.6 Å². The van der Waals surface area contributed by atoms with Crippen LogP contribution >= 0.6 is 0 Å². The Hall–Kier alpha value is -2.89. The van der Waals surface area contributed by atoms with Crippen LogP contribution in [0.4, 0.5) is 23.7 Å². The number of hydrogen-bond donors (Lipinski definition) is 3. The third-order valence-corrected chi connectivity index (χ3v) is 2.65. The monoisotopic (exact) mass is 343 g/mol. The summed E-state index contributed by atoms with van der Waals surface area (Å²) in [6.45, 7) is 1.48. The average Bonchev–Trinajstić information content (AvgIpc) is 2.51. The minimum Gasteiger partial charge on any atom is -0.492 e. The van der Waals surface area contributed by atoms with Gasteiger partial charge in [-0.2, -0.15) is 13.2 Å². The molecule has 0 fully saturated rings. The SMILES string of the molecule is C#CCNC(=O)CNC(=O)Nc1cc(C(F)(F)F)ccc1OCC. The Morgan fingerprint density at radius 2 is 2.00 bits per heavy atom. The fourth-order valence-corrected chi connectivity index (χ4v) is 1.62. The molecule has 0 atom stereocenters. The molecule has 0 aromatic heterocycles. The van der Waals surface area contributed by atoms with Gasteiger partial charge >= 0.3 is 12.2 Å². The molecule has 1 aromatic rings. The highest BCUT2D eigenvalue weighted by atomic mass is 19.4. The van der Waals surface area contributed by atoms with Crippen LogP contribution in [0.1, 0.15) is 12.5 Å². The van der Waals surface area contributed by atoms with Gasteiger partial charge in [-0.25, -0.2) is 4.79 Å². The molecule has 0 aliphatic heterocycles. The van der Waals surface area contributed by atoms with Crippen LogP contribution in [0, 0.1) is 12.3 Å². The van der Waals surface area contributed by atoms with E-state index in [1.54, 1.807) is 6.92 Å².